The van der Waals surface area contributed by atoms with Crippen LogP contribution in [-0.2, 0) is 32.1 Å². The minimum Gasteiger partial charge on any atom is -0.489 e. The van der Waals surface area contributed by atoms with Crippen molar-refractivity contribution in [3.63, 3.8) is 0 Å². The van der Waals surface area contributed by atoms with E-state index in [-0.39, 0.29) is 30.4 Å². The van der Waals surface area contributed by atoms with E-state index in [1.807, 2.05) is 79.9 Å². The molecule has 3 aromatic carbocycles. The molecule has 4 aromatic rings. The number of ether oxygens (including phenoxy) is 2. The lowest BCUT2D eigenvalue weighted by atomic mass is 10.1. The zero-order valence-electron chi connectivity index (χ0n) is 25.9. The zero-order valence-corrected chi connectivity index (χ0v) is 26.8. The van der Waals surface area contributed by atoms with Crippen molar-refractivity contribution in [2.75, 3.05) is 6.61 Å². The van der Waals surface area contributed by atoms with Gasteiger partial charge in [-0.2, -0.15) is 0 Å². The summed E-state index contributed by atoms with van der Waals surface area (Å²) in [4.78, 5) is 34.0. The SMILES string of the molecule is CCOC(=O)/C(C)=C\C(C)=C\c1csc([C@@H](N)Cc2ccc(OCc3ccccc3)cc2)n1.Cc1ccc(F)cc1.O=CC=O. The molecule has 45 heavy (non-hydrogen) atoms. The Bertz CT molecular complexity index is 1500. The second kappa shape index (κ2) is 20.3. The summed E-state index contributed by atoms with van der Waals surface area (Å²) < 4.78 is 23.0. The molecule has 1 aromatic heterocycles. The molecule has 2 N–H and O–H groups in total. The lowest BCUT2D eigenvalue weighted by Crippen LogP contribution is -2.13. The summed E-state index contributed by atoms with van der Waals surface area (Å²) in [6, 6.07) is 24.3. The largest absolute Gasteiger partial charge is 0.489 e. The summed E-state index contributed by atoms with van der Waals surface area (Å²) in [5.74, 6) is 0.359. The van der Waals surface area contributed by atoms with Gasteiger partial charge in [0.1, 0.15) is 23.2 Å². The molecule has 0 amide bonds. The number of rotatable bonds is 11. The summed E-state index contributed by atoms with van der Waals surface area (Å²) in [6.07, 6.45) is 4.82. The summed E-state index contributed by atoms with van der Waals surface area (Å²) in [6.45, 7) is 8.31. The molecule has 0 unspecified atom stereocenters. The van der Waals surface area contributed by atoms with Crippen molar-refractivity contribution in [3.05, 3.63) is 135 Å². The van der Waals surface area contributed by atoms with E-state index in [0.29, 0.717) is 25.2 Å². The van der Waals surface area contributed by atoms with E-state index in [4.69, 9.17) is 24.8 Å². The highest BCUT2D eigenvalue weighted by atomic mass is 32.1. The summed E-state index contributed by atoms with van der Waals surface area (Å²) in [5, 5.41) is 2.86. The molecular formula is C36H39FN2O5S. The first-order valence-corrected chi connectivity index (χ1v) is 15.1. The van der Waals surface area contributed by atoms with Crippen LogP contribution in [0.1, 0.15) is 54.2 Å². The molecule has 0 aliphatic heterocycles. The van der Waals surface area contributed by atoms with Crippen LogP contribution in [0.4, 0.5) is 4.39 Å². The maximum atomic E-state index is 12.1. The topological polar surface area (TPSA) is 109 Å². The van der Waals surface area contributed by atoms with Crippen molar-refractivity contribution in [3.8, 4) is 5.75 Å². The lowest BCUT2D eigenvalue weighted by Gasteiger charge is -2.10. The fourth-order valence-corrected chi connectivity index (χ4v) is 4.57. The van der Waals surface area contributed by atoms with Gasteiger partial charge in [0.05, 0.1) is 18.3 Å². The van der Waals surface area contributed by atoms with E-state index < -0.39 is 0 Å². The van der Waals surface area contributed by atoms with Crippen LogP contribution >= 0.6 is 11.3 Å². The highest BCUT2D eigenvalue weighted by molar-refractivity contribution is 7.09. The second-order valence-corrected chi connectivity index (χ2v) is 10.7. The molecule has 0 aliphatic rings. The number of carbonyl (C=O) groups is 3. The molecule has 0 saturated heterocycles. The Hall–Kier alpha value is -4.73. The maximum absolute atomic E-state index is 12.1. The Labute approximate surface area is 268 Å². The van der Waals surface area contributed by atoms with E-state index in [2.05, 4.69) is 4.98 Å². The van der Waals surface area contributed by atoms with Crippen molar-refractivity contribution in [1.82, 2.24) is 4.98 Å². The number of nitrogens with two attached hydrogens (primary N) is 1. The van der Waals surface area contributed by atoms with Gasteiger partial charge >= 0.3 is 5.97 Å². The van der Waals surface area contributed by atoms with Gasteiger partial charge in [0.15, 0.2) is 12.6 Å². The standard InChI is InChI=1S/C27H30N2O3S.C7H7F.C2H2O2/c1-4-31-27(30)20(3)14-19(2)15-23-18-33-26(29-23)25(28)16-21-10-12-24(13-11-21)32-17-22-8-6-5-7-9-22;1-6-2-4-7(8)5-3-6;3-1-2-4/h5-15,18,25H,4,16-17,28H2,1-3H3;2-5H,1H3;1-2H/b19-15+,20-14-;;/t25-;;/m0../s1. The number of thiazole rings is 1. The van der Waals surface area contributed by atoms with Crippen LogP contribution in [0.25, 0.3) is 6.08 Å². The van der Waals surface area contributed by atoms with Crippen molar-refractivity contribution in [2.45, 2.75) is 46.8 Å². The van der Waals surface area contributed by atoms with Gasteiger partial charge in [0, 0.05) is 11.0 Å². The first-order valence-electron chi connectivity index (χ1n) is 14.3. The van der Waals surface area contributed by atoms with Crippen LogP contribution in [-0.4, -0.2) is 30.1 Å². The van der Waals surface area contributed by atoms with Crippen LogP contribution in [0.15, 0.2) is 101 Å². The first kappa shape index (κ1) is 36.5. The predicted molar refractivity (Wildman–Crippen MR) is 177 cm³/mol. The Morgan fingerprint density at radius 1 is 0.956 bits per heavy atom. The normalized spacial score (nSPS) is 11.6. The molecular weight excluding hydrogens is 591 g/mol. The van der Waals surface area contributed by atoms with E-state index in [1.54, 1.807) is 43.4 Å². The van der Waals surface area contributed by atoms with Crippen molar-refractivity contribution in [1.29, 1.82) is 0 Å². The molecule has 0 fully saturated rings. The van der Waals surface area contributed by atoms with E-state index in [0.717, 1.165) is 38.7 Å². The third kappa shape index (κ3) is 14.5. The van der Waals surface area contributed by atoms with Crippen molar-refractivity contribution in [2.24, 2.45) is 5.73 Å². The Balaban J connectivity index is 0.000000492. The lowest BCUT2D eigenvalue weighted by molar-refractivity contribution is -0.138. The Morgan fingerprint density at radius 2 is 1.60 bits per heavy atom. The number of benzene rings is 3. The molecule has 0 radical (unpaired) electrons. The fourth-order valence-electron chi connectivity index (χ4n) is 3.79. The smallest absolute Gasteiger partial charge is 0.333 e. The molecule has 0 saturated carbocycles. The summed E-state index contributed by atoms with van der Waals surface area (Å²) in [5.41, 5.74) is 12.1. The summed E-state index contributed by atoms with van der Waals surface area (Å²) >= 11 is 1.54. The van der Waals surface area contributed by atoms with Gasteiger partial charge in [-0.3, -0.25) is 9.59 Å². The average Bonchev–Trinajstić information content (AvgIpc) is 3.51. The molecule has 0 bridgehead atoms. The minimum atomic E-state index is -0.303. The number of aromatic nitrogens is 1. The van der Waals surface area contributed by atoms with Gasteiger partial charge < -0.3 is 15.2 Å². The number of allylic oxidation sites excluding steroid dienone is 2. The molecule has 0 spiro atoms. The summed E-state index contributed by atoms with van der Waals surface area (Å²) in [7, 11) is 0. The van der Waals surface area contributed by atoms with Gasteiger partial charge in [-0.25, -0.2) is 14.2 Å². The Kier molecular flexibility index (Phi) is 16.4. The monoisotopic (exact) mass is 630 g/mol. The number of carbonyl (C=O) groups excluding carboxylic acids is 3. The van der Waals surface area contributed by atoms with E-state index in [9.17, 15) is 9.18 Å². The van der Waals surface area contributed by atoms with Gasteiger partial charge in [-0.15, -0.1) is 11.3 Å². The van der Waals surface area contributed by atoms with Gasteiger partial charge in [0.25, 0.3) is 0 Å². The minimum absolute atomic E-state index is 0.171. The molecule has 7 nitrogen and oxygen atoms in total. The number of aldehydes is 2. The van der Waals surface area contributed by atoms with E-state index >= 15 is 0 Å². The van der Waals surface area contributed by atoms with Crippen LogP contribution in [0.5, 0.6) is 5.75 Å². The van der Waals surface area contributed by atoms with Crippen LogP contribution in [0.3, 0.4) is 0 Å². The molecule has 9 heteroatoms. The van der Waals surface area contributed by atoms with Gasteiger partial charge in [-0.1, -0.05) is 60.2 Å². The number of esters is 1. The van der Waals surface area contributed by atoms with Crippen LogP contribution in [0.2, 0.25) is 0 Å². The zero-order chi connectivity index (χ0) is 33.0. The first-order chi connectivity index (χ1) is 21.6. The van der Waals surface area contributed by atoms with Crippen LogP contribution < -0.4 is 10.5 Å². The third-order valence-electron chi connectivity index (χ3n) is 5.97. The van der Waals surface area contributed by atoms with Crippen LogP contribution in [0, 0.1) is 12.7 Å². The molecule has 236 valence electrons. The number of hydrogen-bond acceptors (Lipinski definition) is 8. The predicted octanol–water partition coefficient (Wildman–Crippen LogP) is 7.40. The maximum Gasteiger partial charge on any atom is 0.333 e. The molecule has 1 heterocycles. The number of hydrogen-bond donors (Lipinski definition) is 1. The van der Waals surface area contributed by atoms with Crippen molar-refractivity contribution < 1.29 is 28.2 Å². The number of halogens is 1. The highest BCUT2D eigenvalue weighted by Crippen LogP contribution is 2.23. The van der Waals surface area contributed by atoms with E-state index in [1.165, 1.54) is 12.1 Å². The fraction of sp³-hybridized carbons (Fsp3) is 0.222. The quantitative estimate of drug-likeness (QED) is 0.0605. The Morgan fingerprint density at radius 3 is 2.18 bits per heavy atom. The highest BCUT2D eigenvalue weighted by Gasteiger charge is 2.12. The van der Waals surface area contributed by atoms with Gasteiger partial charge in [0.2, 0.25) is 0 Å². The second-order valence-electron chi connectivity index (χ2n) is 9.84. The van der Waals surface area contributed by atoms with Gasteiger partial charge in [-0.05, 0) is 87.2 Å². The molecule has 0 aliphatic carbocycles. The number of nitrogens with zero attached hydrogens (tertiary/aromatic N) is 1. The number of aryl methyl sites for hydroxylation is 1. The third-order valence-corrected chi connectivity index (χ3v) is 6.96. The molecule has 4 rings (SSSR count). The molecule has 1 atom stereocenters. The van der Waals surface area contributed by atoms with Crippen molar-refractivity contribution >= 4 is 36.0 Å². The average molecular weight is 631 g/mol.